The number of nitrogens with zero attached hydrogens (tertiary/aromatic N) is 1. The van der Waals surface area contributed by atoms with Gasteiger partial charge in [-0.3, -0.25) is 9.59 Å². The van der Waals surface area contributed by atoms with Crippen molar-refractivity contribution in [2.75, 3.05) is 32.7 Å². The molecule has 28 heavy (non-hydrogen) atoms. The second kappa shape index (κ2) is 9.75. The molecule has 1 aromatic rings. The van der Waals surface area contributed by atoms with Gasteiger partial charge in [0.05, 0.1) is 5.92 Å². The molecule has 0 saturated carbocycles. The first-order valence-electron chi connectivity index (χ1n) is 10.2. The lowest BCUT2D eigenvalue weighted by Crippen LogP contribution is -2.48. The topological polar surface area (TPSA) is 61.4 Å². The van der Waals surface area contributed by atoms with Gasteiger partial charge in [0.2, 0.25) is 5.91 Å². The molecular weight excluding hydrogens is 374 g/mol. The Balaban J connectivity index is 0.00000280. The number of hydrogen-bond donors (Lipinski definition) is 2. The van der Waals surface area contributed by atoms with E-state index in [1.54, 1.807) is 0 Å². The van der Waals surface area contributed by atoms with Gasteiger partial charge in [0, 0.05) is 25.2 Å². The Bertz CT molecular complexity index is 681. The van der Waals surface area contributed by atoms with E-state index in [1.165, 1.54) is 0 Å². The lowest BCUT2D eigenvalue weighted by atomic mass is 9.81. The lowest BCUT2D eigenvalue weighted by Gasteiger charge is -2.36. The molecule has 6 heteroatoms. The van der Waals surface area contributed by atoms with Gasteiger partial charge in [-0.15, -0.1) is 12.4 Å². The second-order valence-electron chi connectivity index (χ2n) is 8.75. The average Bonchev–Trinajstić information content (AvgIpc) is 2.65. The molecule has 156 valence electrons. The van der Waals surface area contributed by atoms with Gasteiger partial charge in [-0.1, -0.05) is 24.1 Å². The summed E-state index contributed by atoms with van der Waals surface area (Å²) in [6.45, 7) is 10.3. The fraction of sp³-hybridized carbons (Fsp3) is 0.636. The van der Waals surface area contributed by atoms with Crippen molar-refractivity contribution in [2.24, 2.45) is 11.3 Å². The van der Waals surface area contributed by atoms with Gasteiger partial charge in [0.25, 0.3) is 5.91 Å². The number of benzene rings is 1. The first-order valence-corrected chi connectivity index (χ1v) is 10.2. The van der Waals surface area contributed by atoms with Crippen LogP contribution in [0, 0.1) is 25.2 Å². The highest BCUT2D eigenvalue weighted by Crippen LogP contribution is 2.27. The lowest BCUT2D eigenvalue weighted by molar-refractivity contribution is -0.126. The fourth-order valence-electron chi connectivity index (χ4n) is 4.31. The molecule has 2 fully saturated rings. The first kappa shape index (κ1) is 22.7. The maximum atomic E-state index is 12.9. The average molecular weight is 408 g/mol. The zero-order chi connectivity index (χ0) is 19.4. The van der Waals surface area contributed by atoms with Crippen molar-refractivity contribution in [1.29, 1.82) is 0 Å². The second-order valence-corrected chi connectivity index (χ2v) is 8.75. The van der Waals surface area contributed by atoms with Crippen LogP contribution >= 0.6 is 12.4 Å². The summed E-state index contributed by atoms with van der Waals surface area (Å²) in [7, 11) is 0. The Morgan fingerprint density at radius 2 is 1.82 bits per heavy atom. The van der Waals surface area contributed by atoms with E-state index in [4.69, 9.17) is 0 Å². The summed E-state index contributed by atoms with van der Waals surface area (Å²) in [5, 5.41) is 6.55. The summed E-state index contributed by atoms with van der Waals surface area (Å²) < 4.78 is 0. The van der Waals surface area contributed by atoms with Crippen LogP contribution in [0.5, 0.6) is 0 Å². The molecule has 0 spiro atoms. The molecule has 2 aliphatic rings. The van der Waals surface area contributed by atoms with Crippen LogP contribution in [0.2, 0.25) is 0 Å². The van der Waals surface area contributed by atoms with Crippen LogP contribution in [0.3, 0.4) is 0 Å². The van der Waals surface area contributed by atoms with E-state index in [0.29, 0.717) is 6.54 Å². The number of piperidine rings is 2. The van der Waals surface area contributed by atoms with Gasteiger partial charge in [-0.05, 0) is 70.2 Å². The Morgan fingerprint density at radius 3 is 2.46 bits per heavy atom. The van der Waals surface area contributed by atoms with Crippen LogP contribution in [0.1, 0.15) is 54.1 Å². The van der Waals surface area contributed by atoms with Crippen molar-refractivity contribution in [3.63, 3.8) is 0 Å². The Hall–Kier alpha value is -1.59. The molecule has 1 unspecified atom stereocenters. The number of rotatable bonds is 4. The quantitative estimate of drug-likeness (QED) is 0.806. The molecular formula is C22H34ClN3O2. The smallest absolute Gasteiger partial charge is 0.253 e. The fourth-order valence-corrected chi connectivity index (χ4v) is 4.31. The highest BCUT2D eigenvalue weighted by atomic mass is 35.5. The van der Waals surface area contributed by atoms with E-state index < -0.39 is 0 Å². The molecule has 0 aliphatic carbocycles. The molecule has 2 saturated heterocycles. The summed E-state index contributed by atoms with van der Waals surface area (Å²) in [6, 6.07) is 5.96. The maximum absolute atomic E-state index is 12.9. The third-order valence-corrected chi connectivity index (χ3v) is 6.05. The normalized spacial score (nSPS) is 21.5. The van der Waals surface area contributed by atoms with Crippen LogP contribution in [0.4, 0.5) is 0 Å². The number of likely N-dealkylation sites (tertiary alicyclic amines) is 1. The molecule has 0 bridgehead atoms. The number of nitrogens with one attached hydrogen (secondary N) is 2. The first-order chi connectivity index (χ1) is 12.9. The monoisotopic (exact) mass is 407 g/mol. The van der Waals surface area contributed by atoms with Crippen LogP contribution < -0.4 is 10.6 Å². The zero-order valence-corrected chi connectivity index (χ0v) is 18.2. The predicted octanol–water partition coefficient (Wildman–Crippen LogP) is 3.08. The molecule has 3 rings (SSSR count). The Kier molecular flexibility index (Phi) is 7.90. The molecule has 2 aliphatic heterocycles. The molecule has 1 atom stereocenters. The van der Waals surface area contributed by atoms with E-state index in [1.807, 2.05) is 30.9 Å². The maximum Gasteiger partial charge on any atom is 0.253 e. The SMILES string of the molecule is Cc1cc(C)cc(C(=O)N2CCCC(C(=O)NCC3(C)CCNCC3)C2)c1.Cl. The molecule has 0 radical (unpaired) electrons. The highest BCUT2D eigenvalue weighted by Gasteiger charge is 2.31. The van der Waals surface area contributed by atoms with Crippen molar-refractivity contribution in [1.82, 2.24) is 15.5 Å². The molecule has 5 nitrogen and oxygen atoms in total. The number of amides is 2. The summed E-state index contributed by atoms with van der Waals surface area (Å²) in [5.41, 5.74) is 3.11. The number of aryl methyl sites for hydroxylation is 2. The van der Waals surface area contributed by atoms with Crippen LogP contribution in [-0.2, 0) is 4.79 Å². The van der Waals surface area contributed by atoms with Gasteiger partial charge in [0.15, 0.2) is 0 Å². The minimum Gasteiger partial charge on any atom is -0.355 e. The predicted molar refractivity (Wildman–Crippen MR) is 115 cm³/mol. The summed E-state index contributed by atoms with van der Waals surface area (Å²) >= 11 is 0. The Labute approximate surface area is 175 Å². The summed E-state index contributed by atoms with van der Waals surface area (Å²) in [4.78, 5) is 27.5. The van der Waals surface area contributed by atoms with E-state index in [2.05, 4.69) is 23.6 Å². The van der Waals surface area contributed by atoms with Crippen LogP contribution in [0.25, 0.3) is 0 Å². The van der Waals surface area contributed by atoms with Crippen molar-refractivity contribution in [2.45, 2.75) is 46.5 Å². The van der Waals surface area contributed by atoms with Gasteiger partial charge in [0.1, 0.15) is 0 Å². The van der Waals surface area contributed by atoms with E-state index in [9.17, 15) is 9.59 Å². The van der Waals surface area contributed by atoms with Gasteiger partial charge >= 0.3 is 0 Å². The van der Waals surface area contributed by atoms with Crippen molar-refractivity contribution >= 4 is 24.2 Å². The van der Waals surface area contributed by atoms with Crippen LogP contribution in [0.15, 0.2) is 18.2 Å². The third-order valence-electron chi connectivity index (χ3n) is 6.05. The van der Waals surface area contributed by atoms with Crippen molar-refractivity contribution in [3.05, 3.63) is 34.9 Å². The van der Waals surface area contributed by atoms with Gasteiger partial charge in [-0.25, -0.2) is 0 Å². The van der Waals surface area contributed by atoms with E-state index in [-0.39, 0.29) is 35.6 Å². The molecule has 2 N–H and O–H groups in total. The number of carbonyl (C=O) groups is 2. The van der Waals surface area contributed by atoms with E-state index >= 15 is 0 Å². The van der Waals surface area contributed by atoms with Gasteiger partial charge in [-0.2, -0.15) is 0 Å². The Morgan fingerprint density at radius 1 is 1.18 bits per heavy atom. The molecule has 2 heterocycles. The van der Waals surface area contributed by atoms with Gasteiger partial charge < -0.3 is 15.5 Å². The standard InChI is InChI=1S/C22H33N3O2.ClH/c1-16-11-17(2)13-19(12-16)21(27)25-10-4-5-18(14-25)20(26)24-15-22(3)6-8-23-9-7-22;/h11-13,18,23H,4-10,14-15H2,1-3H3,(H,24,26);1H. The molecule has 2 amide bonds. The minimum absolute atomic E-state index is 0. The van der Waals surface area contributed by atoms with Crippen molar-refractivity contribution in [3.8, 4) is 0 Å². The highest BCUT2D eigenvalue weighted by molar-refractivity contribution is 5.95. The number of halogens is 1. The van der Waals surface area contributed by atoms with E-state index in [0.717, 1.165) is 68.6 Å². The van der Waals surface area contributed by atoms with Crippen LogP contribution in [-0.4, -0.2) is 49.4 Å². The third kappa shape index (κ3) is 5.71. The largest absolute Gasteiger partial charge is 0.355 e. The summed E-state index contributed by atoms with van der Waals surface area (Å²) in [5.74, 6) is 0.0521. The summed E-state index contributed by atoms with van der Waals surface area (Å²) in [6.07, 6.45) is 3.93. The molecule has 1 aromatic carbocycles. The molecule has 0 aromatic heterocycles. The zero-order valence-electron chi connectivity index (χ0n) is 17.3. The number of hydrogen-bond acceptors (Lipinski definition) is 3. The number of carbonyl (C=O) groups excluding carboxylic acids is 2. The van der Waals surface area contributed by atoms with Crippen molar-refractivity contribution < 1.29 is 9.59 Å². The minimum atomic E-state index is -0.0982.